The van der Waals surface area contributed by atoms with E-state index in [1.165, 1.54) is 24.3 Å². The van der Waals surface area contributed by atoms with Gasteiger partial charge in [-0.25, -0.2) is 9.18 Å². The van der Waals surface area contributed by atoms with Crippen molar-refractivity contribution in [1.82, 2.24) is 0 Å². The predicted molar refractivity (Wildman–Crippen MR) is 87.4 cm³/mol. The number of anilines is 1. The second-order valence-corrected chi connectivity index (χ2v) is 5.20. The molecule has 0 unspecified atom stereocenters. The highest BCUT2D eigenvalue weighted by atomic mass is 19.1. The van der Waals surface area contributed by atoms with Gasteiger partial charge in [-0.1, -0.05) is 12.1 Å². The normalized spacial score (nSPS) is 10.1. The summed E-state index contributed by atoms with van der Waals surface area (Å²) < 4.78 is 23.0. The lowest BCUT2D eigenvalue weighted by Crippen LogP contribution is -2.23. The summed E-state index contributed by atoms with van der Waals surface area (Å²) in [6, 6.07) is 10.8. The number of hydrogen-bond acceptors (Lipinski definition) is 4. The smallest absolute Gasteiger partial charge is 0.344 e. The van der Waals surface area contributed by atoms with E-state index in [0.717, 1.165) is 11.1 Å². The van der Waals surface area contributed by atoms with Crippen molar-refractivity contribution in [1.29, 1.82) is 0 Å². The molecule has 0 heterocycles. The molecule has 126 valence electrons. The molecule has 0 bridgehead atoms. The lowest BCUT2D eigenvalue weighted by molar-refractivity contribution is -0.149. The largest absolute Gasteiger partial charge is 0.482 e. The Morgan fingerprint density at radius 3 is 2.46 bits per heavy atom. The maximum absolute atomic E-state index is 12.8. The Morgan fingerprint density at radius 2 is 1.75 bits per heavy atom. The van der Waals surface area contributed by atoms with Crippen molar-refractivity contribution in [2.24, 2.45) is 0 Å². The van der Waals surface area contributed by atoms with Gasteiger partial charge in [-0.15, -0.1) is 0 Å². The van der Waals surface area contributed by atoms with Gasteiger partial charge in [-0.2, -0.15) is 0 Å². The Balaban J connectivity index is 1.75. The molecule has 24 heavy (non-hydrogen) atoms. The number of hydrogen-bond donors (Lipinski definition) is 1. The van der Waals surface area contributed by atoms with Crippen LogP contribution in [0.25, 0.3) is 0 Å². The third-order valence-electron chi connectivity index (χ3n) is 3.39. The quantitative estimate of drug-likeness (QED) is 0.827. The number of aryl methyl sites for hydroxylation is 1. The van der Waals surface area contributed by atoms with Gasteiger partial charge in [0.05, 0.1) is 0 Å². The molecule has 0 fully saturated rings. The Labute approximate surface area is 139 Å². The summed E-state index contributed by atoms with van der Waals surface area (Å²) in [4.78, 5) is 23.3. The molecule has 6 heteroatoms. The molecule has 0 spiro atoms. The van der Waals surface area contributed by atoms with E-state index in [4.69, 9.17) is 9.47 Å². The number of benzene rings is 2. The zero-order chi connectivity index (χ0) is 17.5. The molecule has 0 atom stereocenters. The van der Waals surface area contributed by atoms with E-state index < -0.39 is 24.3 Å². The van der Waals surface area contributed by atoms with Crippen molar-refractivity contribution < 1.29 is 23.5 Å². The Kier molecular flexibility index (Phi) is 5.89. The third-order valence-corrected chi connectivity index (χ3v) is 3.39. The van der Waals surface area contributed by atoms with E-state index in [0.29, 0.717) is 11.4 Å². The molecule has 5 nitrogen and oxygen atoms in total. The number of esters is 1. The average molecular weight is 331 g/mol. The first-order chi connectivity index (χ1) is 11.5. The predicted octanol–water partition coefficient (Wildman–Crippen LogP) is 3.00. The van der Waals surface area contributed by atoms with Gasteiger partial charge >= 0.3 is 5.97 Å². The molecule has 1 amide bonds. The van der Waals surface area contributed by atoms with Gasteiger partial charge in [0.25, 0.3) is 5.91 Å². The molecule has 0 aromatic heterocycles. The van der Waals surface area contributed by atoms with Gasteiger partial charge < -0.3 is 14.8 Å². The van der Waals surface area contributed by atoms with Crippen LogP contribution in [0.15, 0.2) is 42.5 Å². The Bertz CT molecular complexity index is 728. The minimum absolute atomic E-state index is 0.284. The number of rotatable bonds is 6. The fourth-order valence-corrected chi connectivity index (χ4v) is 1.94. The van der Waals surface area contributed by atoms with Crippen molar-refractivity contribution in [3.8, 4) is 5.75 Å². The van der Waals surface area contributed by atoms with Crippen molar-refractivity contribution >= 4 is 17.6 Å². The van der Waals surface area contributed by atoms with Gasteiger partial charge in [0.15, 0.2) is 13.2 Å². The summed E-state index contributed by atoms with van der Waals surface area (Å²) in [5, 5.41) is 2.49. The number of carbonyl (C=O) groups is 2. The van der Waals surface area contributed by atoms with Crippen LogP contribution in [0.1, 0.15) is 11.1 Å². The summed E-state index contributed by atoms with van der Waals surface area (Å²) in [7, 11) is 0. The summed E-state index contributed by atoms with van der Waals surface area (Å²) in [5.41, 5.74) is 2.42. The highest BCUT2D eigenvalue weighted by Gasteiger charge is 2.10. The topological polar surface area (TPSA) is 64.6 Å². The van der Waals surface area contributed by atoms with Crippen LogP contribution >= 0.6 is 0 Å². The third kappa shape index (κ3) is 5.08. The Morgan fingerprint density at radius 1 is 1.04 bits per heavy atom. The van der Waals surface area contributed by atoms with Crippen molar-refractivity contribution in [2.45, 2.75) is 13.8 Å². The number of amides is 1. The van der Waals surface area contributed by atoms with Crippen LogP contribution < -0.4 is 10.1 Å². The van der Waals surface area contributed by atoms with Gasteiger partial charge in [-0.05, 0) is 55.3 Å². The first-order valence-electron chi connectivity index (χ1n) is 7.36. The van der Waals surface area contributed by atoms with Gasteiger partial charge in [-0.3, -0.25) is 4.79 Å². The molecule has 0 aliphatic heterocycles. The van der Waals surface area contributed by atoms with Gasteiger partial charge in [0.2, 0.25) is 0 Å². The van der Waals surface area contributed by atoms with Crippen molar-refractivity contribution in [3.63, 3.8) is 0 Å². The van der Waals surface area contributed by atoms with Crippen LogP contribution in [-0.2, 0) is 14.3 Å². The lowest BCUT2D eigenvalue weighted by Gasteiger charge is -2.10. The second kappa shape index (κ2) is 8.10. The Hall–Kier alpha value is -2.89. The molecule has 2 rings (SSSR count). The molecule has 0 aliphatic carbocycles. The first kappa shape index (κ1) is 17.5. The SMILES string of the molecule is Cc1cccc(OCC(=O)OCC(=O)Nc2ccc(F)cc2)c1C. The zero-order valence-corrected chi connectivity index (χ0v) is 13.5. The number of ether oxygens (including phenoxy) is 2. The van der Waals surface area contributed by atoms with Gasteiger partial charge in [0, 0.05) is 5.69 Å². The maximum Gasteiger partial charge on any atom is 0.344 e. The molecular weight excluding hydrogens is 313 g/mol. The first-order valence-corrected chi connectivity index (χ1v) is 7.36. The standard InChI is InChI=1S/C18H18FNO4/c1-12-4-3-5-16(13(12)2)23-11-18(22)24-10-17(21)20-15-8-6-14(19)7-9-15/h3-9H,10-11H2,1-2H3,(H,20,21). The molecule has 0 radical (unpaired) electrons. The molecule has 0 aliphatic rings. The summed E-state index contributed by atoms with van der Waals surface area (Å²) in [6.45, 7) is 3.12. The number of nitrogens with one attached hydrogen (secondary N) is 1. The van der Waals surface area contributed by atoms with Crippen LogP contribution in [0.2, 0.25) is 0 Å². The summed E-state index contributed by atoms with van der Waals surface area (Å²) >= 11 is 0. The van der Waals surface area contributed by atoms with E-state index in [9.17, 15) is 14.0 Å². The lowest BCUT2D eigenvalue weighted by atomic mass is 10.1. The minimum Gasteiger partial charge on any atom is -0.482 e. The summed E-state index contributed by atoms with van der Waals surface area (Å²) in [6.07, 6.45) is 0. The minimum atomic E-state index is -0.648. The monoisotopic (exact) mass is 331 g/mol. The molecule has 1 N–H and O–H groups in total. The fourth-order valence-electron chi connectivity index (χ4n) is 1.94. The second-order valence-electron chi connectivity index (χ2n) is 5.20. The van der Waals surface area contributed by atoms with Crippen molar-refractivity contribution in [3.05, 3.63) is 59.4 Å². The average Bonchev–Trinajstić information content (AvgIpc) is 2.56. The van der Waals surface area contributed by atoms with E-state index in [2.05, 4.69) is 5.32 Å². The molecular formula is C18H18FNO4. The zero-order valence-electron chi connectivity index (χ0n) is 13.5. The van der Waals surface area contributed by atoms with Crippen LogP contribution in [0.4, 0.5) is 10.1 Å². The van der Waals surface area contributed by atoms with E-state index in [-0.39, 0.29) is 6.61 Å². The molecule has 2 aromatic carbocycles. The highest BCUT2D eigenvalue weighted by molar-refractivity contribution is 5.92. The van der Waals surface area contributed by atoms with E-state index >= 15 is 0 Å². The molecule has 0 saturated heterocycles. The maximum atomic E-state index is 12.8. The van der Waals surface area contributed by atoms with Crippen LogP contribution in [-0.4, -0.2) is 25.1 Å². The fraction of sp³-hybridized carbons (Fsp3) is 0.222. The highest BCUT2D eigenvalue weighted by Crippen LogP contribution is 2.20. The number of halogens is 1. The van der Waals surface area contributed by atoms with Crippen LogP contribution in [0.5, 0.6) is 5.75 Å². The number of carbonyl (C=O) groups excluding carboxylic acids is 2. The van der Waals surface area contributed by atoms with Crippen LogP contribution in [0.3, 0.4) is 0 Å². The van der Waals surface area contributed by atoms with E-state index in [1.807, 2.05) is 26.0 Å². The van der Waals surface area contributed by atoms with Crippen LogP contribution in [0, 0.1) is 19.7 Å². The summed E-state index contributed by atoms with van der Waals surface area (Å²) in [5.74, 6) is -0.961. The molecule has 0 saturated carbocycles. The van der Waals surface area contributed by atoms with Crippen molar-refractivity contribution in [2.75, 3.05) is 18.5 Å². The van der Waals surface area contributed by atoms with Gasteiger partial charge in [0.1, 0.15) is 11.6 Å². The van der Waals surface area contributed by atoms with E-state index in [1.54, 1.807) is 6.07 Å². The molecule has 2 aromatic rings.